The number of aromatic hydroxyl groups is 2. The summed E-state index contributed by atoms with van der Waals surface area (Å²) in [6.45, 7) is 0. The molecule has 60 valence electrons. The topological polar surface area (TPSA) is 40.5 Å². The van der Waals surface area contributed by atoms with E-state index in [1.54, 1.807) is 0 Å². The molecule has 0 aliphatic rings. The Balaban J connectivity index is 3.46. The number of benzene rings is 1. The van der Waals surface area contributed by atoms with Crippen LogP contribution in [0, 0.1) is 0 Å². The standard InChI is InChI=1S/C6H3Br3O2/c7-2-1-3(10)4(8)5(9)6(2)11/h1,10-11H. The molecule has 0 atom stereocenters. The highest BCUT2D eigenvalue weighted by Crippen LogP contribution is 2.42. The van der Waals surface area contributed by atoms with Gasteiger partial charge in [-0.1, -0.05) is 0 Å². The van der Waals surface area contributed by atoms with Gasteiger partial charge in [0.15, 0.2) is 0 Å². The van der Waals surface area contributed by atoms with E-state index in [0.29, 0.717) is 13.4 Å². The van der Waals surface area contributed by atoms with E-state index < -0.39 is 0 Å². The normalized spacial score (nSPS) is 10.1. The lowest BCUT2D eigenvalue weighted by Crippen LogP contribution is -1.75. The molecule has 0 saturated carbocycles. The van der Waals surface area contributed by atoms with E-state index in [1.165, 1.54) is 6.07 Å². The van der Waals surface area contributed by atoms with Crippen molar-refractivity contribution < 1.29 is 10.2 Å². The molecule has 1 rings (SSSR count). The van der Waals surface area contributed by atoms with Gasteiger partial charge in [0.2, 0.25) is 0 Å². The summed E-state index contributed by atoms with van der Waals surface area (Å²) in [5, 5.41) is 18.5. The first-order chi connectivity index (χ1) is 5.04. The van der Waals surface area contributed by atoms with Gasteiger partial charge in [-0.2, -0.15) is 0 Å². The summed E-state index contributed by atoms with van der Waals surface area (Å²) in [5.74, 6) is 0.135. The lowest BCUT2D eigenvalue weighted by atomic mass is 10.3. The van der Waals surface area contributed by atoms with E-state index in [4.69, 9.17) is 0 Å². The Morgan fingerprint density at radius 2 is 1.55 bits per heavy atom. The van der Waals surface area contributed by atoms with Crippen LogP contribution in [-0.2, 0) is 0 Å². The van der Waals surface area contributed by atoms with Gasteiger partial charge >= 0.3 is 0 Å². The Kier molecular flexibility index (Phi) is 2.83. The molecule has 0 spiro atoms. The van der Waals surface area contributed by atoms with Gasteiger partial charge in [-0.05, 0) is 53.9 Å². The molecule has 11 heavy (non-hydrogen) atoms. The molecular formula is C6H3Br3O2. The van der Waals surface area contributed by atoms with E-state index in [1.807, 2.05) is 0 Å². The predicted molar refractivity (Wildman–Crippen MR) is 52.9 cm³/mol. The van der Waals surface area contributed by atoms with Gasteiger partial charge in [-0.25, -0.2) is 0 Å². The van der Waals surface area contributed by atoms with Crippen LogP contribution in [0.2, 0.25) is 0 Å². The molecule has 1 aromatic rings. The number of phenolic OH excluding ortho intramolecular Hbond substituents is 2. The second kappa shape index (κ2) is 3.33. The zero-order valence-electron chi connectivity index (χ0n) is 5.11. The van der Waals surface area contributed by atoms with Crippen molar-refractivity contribution in [3.8, 4) is 11.5 Å². The smallest absolute Gasteiger partial charge is 0.145 e. The zero-order chi connectivity index (χ0) is 8.59. The van der Waals surface area contributed by atoms with Crippen molar-refractivity contribution in [2.24, 2.45) is 0 Å². The van der Waals surface area contributed by atoms with Gasteiger partial charge in [0.25, 0.3) is 0 Å². The molecule has 0 saturated heterocycles. The van der Waals surface area contributed by atoms with E-state index in [-0.39, 0.29) is 11.5 Å². The summed E-state index contributed by atoms with van der Waals surface area (Å²) in [6.07, 6.45) is 0. The van der Waals surface area contributed by atoms with Crippen LogP contribution in [0.5, 0.6) is 11.5 Å². The van der Waals surface area contributed by atoms with Gasteiger partial charge < -0.3 is 10.2 Å². The molecular weight excluding hydrogens is 344 g/mol. The molecule has 0 bridgehead atoms. The summed E-state index contributed by atoms with van der Waals surface area (Å²) < 4.78 is 1.33. The Hall–Kier alpha value is 0.260. The Morgan fingerprint density at radius 1 is 1.00 bits per heavy atom. The molecule has 0 aliphatic heterocycles. The van der Waals surface area contributed by atoms with Crippen molar-refractivity contribution in [2.45, 2.75) is 0 Å². The highest BCUT2D eigenvalue weighted by Gasteiger charge is 2.11. The highest BCUT2D eigenvalue weighted by atomic mass is 79.9. The third kappa shape index (κ3) is 1.71. The maximum Gasteiger partial charge on any atom is 0.145 e. The first-order valence-corrected chi connectivity index (χ1v) is 4.97. The van der Waals surface area contributed by atoms with Gasteiger partial charge in [0.05, 0.1) is 13.4 Å². The van der Waals surface area contributed by atoms with Crippen LogP contribution in [0.3, 0.4) is 0 Å². The molecule has 0 unspecified atom stereocenters. The van der Waals surface area contributed by atoms with Crippen LogP contribution >= 0.6 is 47.8 Å². The first kappa shape index (κ1) is 9.35. The molecule has 0 radical (unpaired) electrons. The Morgan fingerprint density at radius 3 is 2.09 bits per heavy atom. The Bertz CT molecular complexity index is 272. The average Bonchev–Trinajstić information content (AvgIpc) is 1.97. The van der Waals surface area contributed by atoms with Gasteiger partial charge in [0, 0.05) is 0 Å². The fourth-order valence-corrected chi connectivity index (χ4v) is 1.97. The van der Waals surface area contributed by atoms with Gasteiger partial charge in [0.1, 0.15) is 11.5 Å². The number of rotatable bonds is 0. The summed E-state index contributed by atoms with van der Waals surface area (Å²) in [4.78, 5) is 0. The van der Waals surface area contributed by atoms with Crippen molar-refractivity contribution in [2.75, 3.05) is 0 Å². The van der Waals surface area contributed by atoms with Gasteiger partial charge in [-0.3, -0.25) is 0 Å². The predicted octanol–water partition coefficient (Wildman–Crippen LogP) is 3.39. The van der Waals surface area contributed by atoms with Crippen LogP contribution in [0.25, 0.3) is 0 Å². The molecule has 2 nitrogen and oxygen atoms in total. The van der Waals surface area contributed by atoms with Crippen molar-refractivity contribution >= 4 is 47.8 Å². The second-order valence-electron chi connectivity index (χ2n) is 1.85. The van der Waals surface area contributed by atoms with Crippen molar-refractivity contribution in [1.82, 2.24) is 0 Å². The quantitative estimate of drug-likeness (QED) is 0.558. The first-order valence-electron chi connectivity index (χ1n) is 2.59. The third-order valence-electron chi connectivity index (χ3n) is 1.12. The molecule has 0 amide bonds. The van der Waals surface area contributed by atoms with Crippen LogP contribution < -0.4 is 0 Å². The maximum absolute atomic E-state index is 9.28. The molecule has 0 aliphatic carbocycles. The fraction of sp³-hybridized carbons (Fsp3) is 0. The highest BCUT2D eigenvalue weighted by molar-refractivity contribution is 9.13. The summed E-state index contributed by atoms with van der Waals surface area (Å²) >= 11 is 9.25. The number of halogens is 3. The second-order valence-corrected chi connectivity index (χ2v) is 4.29. The lowest BCUT2D eigenvalue weighted by molar-refractivity contribution is 0.451. The van der Waals surface area contributed by atoms with E-state index in [0.717, 1.165) is 0 Å². The molecule has 0 aromatic heterocycles. The molecule has 0 fully saturated rings. The van der Waals surface area contributed by atoms with Crippen molar-refractivity contribution in [3.05, 3.63) is 19.5 Å². The maximum atomic E-state index is 9.28. The van der Waals surface area contributed by atoms with Crippen LogP contribution in [0.4, 0.5) is 0 Å². The third-order valence-corrected chi connectivity index (χ3v) is 3.83. The van der Waals surface area contributed by atoms with Crippen LogP contribution in [-0.4, -0.2) is 10.2 Å². The lowest BCUT2D eigenvalue weighted by Gasteiger charge is -2.03. The Labute approximate surface area is 88.6 Å². The van der Waals surface area contributed by atoms with E-state index in [9.17, 15) is 10.2 Å². The summed E-state index contributed by atoms with van der Waals surface area (Å²) in [5.41, 5.74) is 0. The largest absolute Gasteiger partial charge is 0.507 e. The minimum atomic E-state index is 0.0645. The summed E-state index contributed by atoms with van der Waals surface area (Å²) in [7, 11) is 0. The minimum Gasteiger partial charge on any atom is -0.507 e. The van der Waals surface area contributed by atoms with Crippen LogP contribution in [0.15, 0.2) is 19.5 Å². The zero-order valence-corrected chi connectivity index (χ0v) is 9.86. The van der Waals surface area contributed by atoms with E-state index in [2.05, 4.69) is 47.8 Å². The van der Waals surface area contributed by atoms with E-state index >= 15 is 0 Å². The van der Waals surface area contributed by atoms with Crippen molar-refractivity contribution in [1.29, 1.82) is 0 Å². The average molecular weight is 347 g/mol. The van der Waals surface area contributed by atoms with Crippen LogP contribution in [0.1, 0.15) is 0 Å². The molecule has 2 N–H and O–H groups in total. The molecule has 1 aromatic carbocycles. The number of hydrogen-bond acceptors (Lipinski definition) is 2. The molecule has 0 heterocycles. The number of phenols is 2. The minimum absolute atomic E-state index is 0.0645. The van der Waals surface area contributed by atoms with Gasteiger partial charge in [-0.15, -0.1) is 0 Å². The fourth-order valence-electron chi connectivity index (χ4n) is 0.573. The monoisotopic (exact) mass is 344 g/mol. The van der Waals surface area contributed by atoms with Crippen molar-refractivity contribution in [3.63, 3.8) is 0 Å². The molecule has 5 heteroatoms. The number of hydrogen-bond donors (Lipinski definition) is 2. The SMILES string of the molecule is Oc1cc(Br)c(O)c(Br)c1Br. The summed E-state index contributed by atoms with van der Waals surface area (Å²) in [6, 6.07) is 1.41.